The van der Waals surface area contributed by atoms with E-state index < -0.39 is 0 Å². The van der Waals surface area contributed by atoms with Crippen LogP contribution in [0.4, 0.5) is 0 Å². The molecular weight excluding hydrogens is 470 g/mol. The summed E-state index contributed by atoms with van der Waals surface area (Å²) in [6.45, 7) is 10.7. The van der Waals surface area contributed by atoms with Gasteiger partial charge in [0.2, 0.25) is 0 Å². The van der Waals surface area contributed by atoms with Crippen LogP contribution in [-0.4, -0.2) is 28.5 Å². The number of halogens is 1. The maximum Gasteiger partial charge on any atom is 0.251 e. The van der Waals surface area contributed by atoms with E-state index in [1.165, 1.54) is 18.4 Å². The fraction of sp³-hybridized carbons (Fsp3) is 0.577. The van der Waals surface area contributed by atoms with Crippen LogP contribution < -0.4 is 4.74 Å². The van der Waals surface area contributed by atoms with Crippen molar-refractivity contribution in [3.63, 3.8) is 0 Å². The molecule has 0 saturated heterocycles. The molecular formula is C26H38BrNO2S. The molecule has 3 nitrogen and oxygen atoms in total. The van der Waals surface area contributed by atoms with E-state index in [2.05, 4.69) is 60.4 Å². The Kier molecular flexibility index (Phi) is 11.2. The third-order valence-electron chi connectivity index (χ3n) is 5.85. The van der Waals surface area contributed by atoms with Crippen molar-refractivity contribution >= 4 is 32.9 Å². The Morgan fingerprint density at radius 2 is 2.10 bits per heavy atom. The van der Waals surface area contributed by atoms with Gasteiger partial charge in [-0.15, -0.1) is 0 Å². The van der Waals surface area contributed by atoms with Crippen LogP contribution in [-0.2, 0) is 6.42 Å². The van der Waals surface area contributed by atoms with Gasteiger partial charge in [-0.1, -0.05) is 71.3 Å². The lowest BCUT2D eigenvalue weighted by Crippen LogP contribution is -2.19. The highest BCUT2D eigenvalue weighted by Crippen LogP contribution is 2.47. The summed E-state index contributed by atoms with van der Waals surface area (Å²) in [5.41, 5.74) is 4.50. The fourth-order valence-corrected chi connectivity index (χ4v) is 5.56. The van der Waals surface area contributed by atoms with Crippen molar-refractivity contribution < 1.29 is 9.84 Å². The average molecular weight is 509 g/mol. The lowest BCUT2D eigenvalue weighted by atomic mass is 9.73. The van der Waals surface area contributed by atoms with Gasteiger partial charge in [-0.25, -0.2) is 4.99 Å². The Balaban J connectivity index is 2.47. The molecule has 0 aliphatic heterocycles. The summed E-state index contributed by atoms with van der Waals surface area (Å²) in [4.78, 5) is 4.37. The average Bonchev–Trinajstić information content (AvgIpc) is 2.73. The zero-order chi connectivity index (χ0) is 22.8. The Hall–Kier alpha value is -1.20. The zero-order valence-electron chi connectivity index (χ0n) is 19.5. The van der Waals surface area contributed by atoms with E-state index in [0.717, 1.165) is 65.6 Å². The van der Waals surface area contributed by atoms with Crippen molar-refractivity contribution in [2.75, 3.05) is 18.1 Å². The largest absolute Gasteiger partial charge is 0.507 e. The molecule has 172 valence electrons. The molecule has 5 heteroatoms. The number of benzene rings is 1. The zero-order valence-corrected chi connectivity index (χ0v) is 21.9. The monoisotopic (exact) mass is 507 g/mol. The smallest absolute Gasteiger partial charge is 0.251 e. The molecule has 0 spiro atoms. The molecule has 1 aromatic rings. The van der Waals surface area contributed by atoms with Crippen molar-refractivity contribution in [1.82, 2.24) is 0 Å². The van der Waals surface area contributed by atoms with E-state index in [4.69, 9.17) is 4.74 Å². The van der Waals surface area contributed by atoms with Crippen LogP contribution in [0.25, 0.3) is 0 Å². The lowest BCUT2D eigenvalue weighted by Gasteiger charge is -2.32. The predicted molar refractivity (Wildman–Crippen MR) is 140 cm³/mol. The van der Waals surface area contributed by atoms with Crippen LogP contribution >= 0.6 is 27.7 Å². The van der Waals surface area contributed by atoms with Gasteiger partial charge in [-0.2, -0.15) is 0 Å². The van der Waals surface area contributed by atoms with E-state index in [0.29, 0.717) is 16.9 Å². The molecule has 0 amide bonds. The van der Waals surface area contributed by atoms with E-state index in [-0.39, 0.29) is 5.92 Å². The number of alkyl halides is 1. The topological polar surface area (TPSA) is 41.8 Å². The fourth-order valence-electron chi connectivity index (χ4n) is 4.16. The maximum atomic E-state index is 11.2. The highest BCUT2D eigenvalue weighted by molar-refractivity contribution is 9.09. The van der Waals surface area contributed by atoms with Gasteiger partial charge in [0, 0.05) is 29.6 Å². The number of nitrogens with zero attached hydrogens (tertiary/aromatic N) is 1. The number of rotatable bonds is 10. The maximum absolute atomic E-state index is 11.2. The number of unbranched alkanes of at least 4 members (excludes halogenated alkanes) is 2. The molecule has 1 aliphatic rings. The van der Waals surface area contributed by atoms with E-state index in [1.807, 2.05) is 6.07 Å². The summed E-state index contributed by atoms with van der Waals surface area (Å²) in [7, 11) is 1.77. The Labute approximate surface area is 201 Å². The minimum absolute atomic E-state index is 0.0663. The Bertz CT molecular complexity index is 803. The number of allylic oxidation sites excluding steroid dienone is 3. The number of thioether (sulfide) groups is 1. The van der Waals surface area contributed by atoms with Crippen LogP contribution in [0.3, 0.4) is 0 Å². The van der Waals surface area contributed by atoms with Crippen molar-refractivity contribution in [3.05, 3.63) is 47.1 Å². The normalized spacial score (nSPS) is 19.3. The second-order valence-electron chi connectivity index (χ2n) is 8.50. The molecule has 2 atom stereocenters. The SMILES string of the molecule is C=C(C)[C@@H]1CCC(C)=C[C@H]1c1c(O)cc(CCCCC)cc1OC(=NC)SCCCBr. The second-order valence-corrected chi connectivity index (χ2v) is 10.3. The van der Waals surface area contributed by atoms with Crippen LogP contribution in [0.15, 0.2) is 40.9 Å². The highest BCUT2D eigenvalue weighted by Gasteiger charge is 2.31. The Morgan fingerprint density at radius 1 is 1.32 bits per heavy atom. The summed E-state index contributed by atoms with van der Waals surface area (Å²) in [5.74, 6) is 2.36. The molecule has 1 N–H and O–H groups in total. The molecule has 0 heterocycles. The third kappa shape index (κ3) is 7.71. The van der Waals surface area contributed by atoms with Crippen LogP contribution in [0.2, 0.25) is 0 Å². The second kappa shape index (κ2) is 13.4. The van der Waals surface area contributed by atoms with Gasteiger partial charge >= 0.3 is 0 Å². The highest BCUT2D eigenvalue weighted by atomic mass is 79.9. The molecule has 31 heavy (non-hydrogen) atoms. The van der Waals surface area contributed by atoms with Gasteiger partial charge in [0.25, 0.3) is 5.23 Å². The van der Waals surface area contributed by atoms with Gasteiger partial charge in [0.15, 0.2) is 0 Å². The summed E-state index contributed by atoms with van der Waals surface area (Å²) in [5, 5.41) is 12.8. The third-order valence-corrected chi connectivity index (χ3v) is 7.41. The molecule has 0 saturated carbocycles. The molecule has 0 radical (unpaired) electrons. The molecule has 0 fully saturated rings. The number of phenolic OH excluding ortho intramolecular Hbond substituents is 1. The van der Waals surface area contributed by atoms with E-state index in [1.54, 1.807) is 18.8 Å². The summed E-state index contributed by atoms with van der Waals surface area (Å²) < 4.78 is 6.36. The van der Waals surface area contributed by atoms with Crippen LogP contribution in [0, 0.1) is 5.92 Å². The van der Waals surface area contributed by atoms with Gasteiger partial charge in [-0.3, -0.25) is 0 Å². The van der Waals surface area contributed by atoms with Gasteiger partial charge in [0.05, 0.1) is 0 Å². The van der Waals surface area contributed by atoms with Crippen LogP contribution in [0.5, 0.6) is 11.5 Å². The van der Waals surface area contributed by atoms with Gasteiger partial charge in [0.1, 0.15) is 11.5 Å². The number of hydrogen-bond acceptors (Lipinski definition) is 4. The molecule has 0 aromatic heterocycles. The van der Waals surface area contributed by atoms with E-state index >= 15 is 0 Å². The first kappa shape index (κ1) is 26.1. The minimum atomic E-state index is 0.0663. The number of phenols is 1. The summed E-state index contributed by atoms with van der Waals surface area (Å²) in [6, 6.07) is 4.06. The number of aliphatic imine (C=N–C) groups is 1. The number of aryl methyl sites for hydroxylation is 1. The standard InChI is InChI=1S/C26H38BrNO2S/c1-6-7-8-10-20-16-23(29)25(22-15-19(4)11-12-21(22)18(2)3)24(17-20)30-26(28-5)31-14-9-13-27/h15-17,21-22,29H,2,6-14H2,1,3-5H3/t21-,22+/m0/s1. The Morgan fingerprint density at radius 3 is 2.74 bits per heavy atom. The van der Waals surface area contributed by atoms with Crippen molar-refractivity contribution in [1.29, 1.82) is 0 Å². The minimum Gasteiger partial charge on any atom is -0.507 e. The number of hydrogen-bond donors (Lipinski definition) is 1. The molecule has 1 aliphatic carbocycles. The molecule has 1 aromatic carbocycles. The predicted octanol–water partition coefficient (Wildman–Crippen LogP) is 8.02. The first-order valence-electron chi connectivity index (χ1n) is 11.4. The number of aromatic hydroxyl groups is 1. The molecule has 0 unspecified atom stereocenters. The molecule has 2 rings (SSSR count). The lowest BCUT2D eigenvalue weighted by molar-refractivity contribution is 0.423. The first-order chi connectivity index (χ1) is 14.9. The number of ether oxygens (including phenoxy) is 1. The van der Waals surface area contributed by atoms with Gasteiger partial charge < -0.3 is 9.84 Å². The summed E-state index contributed by atoms with van der Waals surface area (Å²) in [6.07, 6.45) is 9.88. The van der Waals surface area contributed by atoms with Gasteiger partial charge in [-0.05, 0) is 69.6 Å². The molecule has 0 bridgehead atoms. The van der Waals surface area contributed by atoms with Crippen molar-refractivity contribution in [2.45, 2.75) is 71.6 Å². The quantitative estimate of drug-likeness (QED) is 0.114. The van der Waals surface area contributed by atoms with Crippen molar-refractivity contribution in [3.8, 4) is 11.5 Å². The van der Waals surface area contributed by atoms with Crippen molar-refractivity contribution in [2.24, 2.45) is 10.9 Å². The van der Waals surface area contributed by atoms with Crippen LogP contribution in [0.1, 0.15) is 76.3 Å². The van der Waals surface area contributed by atoms with E-state index in [9.17, 15) is 5.11 Å². The summed E-state index contributed by atoms with van der Waals surface area (Å²) >= 11 is 5.11. The first-order valence-corrected chi connectivity index (χ1v) is 13.5.